The lowest BCUT2D eigenvalue weighted by Crippen LogP contribution is -2.40. The average molecular weight is 359 g/mol. The Bertz CT molecular complexity index is 1010. The molecule has 0 saturated heterocycles. The van der Waals surface area contributed by atoms with Crippen LogP contribution in [0.2, 0.25) is 0 Å². The van der Waals surface area contributed by atoms with Crippen molar-refractivity contribution in [2.45, 2.75) is 24.8 Å². The predicted octanol–water partition coefficient (Wildman–Crippen LogP) is 6.14. The normalized spacial score (nSPS) is 21.7. The van der Waals surface area contributed by atoms with Crippen molar-refractivity contribution >= 4 is 33.4 Å². The molecule has 0 spiro atoms. The number of amidine groups is 1. The quantitative estimate of drug-likeness (QED) is 0.547. The van der Waals surface area contributed by atoms with Gasteiger partial charge < -0.3 is 4.90 Å². The van der Waals surface area contributed by atoms with Gasteiger partial charge in [0.15, 0.2) is 5.17 Å². The highest BCUT2D eigenvalue weighted by molar-refractivity contribution is 8.14. The number of rotatable bonds is 2. The number of anilines is 1. The van der Waals surface area contributed by atoms with Gasteiger partial charge in [-0.2, -0.15) is 0 Å². The molecule has 5 rings (SSSR count). The number of hydrogen-bond acceptors (Lipinski definition) is 3. The van der Waals surface area contributed by atoms with Crippen molar-refractivity contribution in [1.29, 1.82) is 0 Å². The molecule has 2 aliphatic heterocycles. The fourth-order valence-corrected chi connectivity index (χ4v) is 5.19. The SMILES string of the molecule is CC(C)[C@@H]1CN2C(=N[C@@H]1c1ccc3ccccc3c1)Sc1ccccc12. The molecule has 0 aliphatic carbocycles. The number of fused-ring (bicyclic) bond motifs is 4. The van der Waals surface area contributed by atoms with Gasteiger partial charge in [0.25, 0.3) is 0 Å². The average Bonchev–Trinajstić information content (AvgIpc) is 3.04. The molecule has 0 N–H and O–H groups in total. The number of hydrogen-bond donors (Lipinski definition) is 0. The molecule has 3 aromatic carbocycles. The van der Waals surface area contributed by atoms with Gasteiger partial charge >= 0.3 is 0 Å². The van der Waals surface area contributed by atoms with Crippen molar-refractivity contribution in [3.05, 3.63) is 72.3 Å². The minimum Gasteiger partial charge on any atom is -0.319 e. The molecular formula is C23H22N2S. The number of thioether (sulfide) groups is 1. The van der Waals surface area contributed by atoms with Crippen LogP contribution >= 0.6 is 11.8 Å². The molecular weight excluding hydrogens is 336 g/mol. The summed E-state index contributed by atoms with van der Waals surface area (Å²) in [7, 11) is 0. The third-order valence-electron chi connectivity index (χ3n) is 5.61. The Kier molecular flexibility index (Phi) is 3.79. The van der Waals surface area contributed by atoms with Crippen molar-refractivity contribution in [3.63, 3.8) is 0 Å². The molecule has 26 heavy (non-hydrogen) atoms. The zero-order valence-electron chi connectivity index (χ0n) is 15.1. The largest absolute Gasteiger partial charge is 0.319 e. The third kappa shape index (κ3) is 2.53. The molecule has 2 nitrogen and oxygen atoms in total. The van der Waals surface area contributed by atoms with Gasteiger partial charge in [0.1, 0.15) is 0 Å². The van der Waals surface area contributed by atoms with E-state index in [4.69, 9.17) is 4.99 Å². The summed E-state index contributed by atoms with van der Waals surface area (Å²) in [5.41, 5.74) is 2.66. The first kappa shape index (κ1) is 16.0. The second-order valence-electron chi connectivity index (χ2n) is 7.55. The second-order valence-corrected chi connectivity index (χ2v) is 8.56. The lowest BCUT2D eigenvalue weighted by molar-refractivity contribution is 0.324. The molecule has 130 valence electrons. The summed E-state index contributed by atoms with van der Waals surface area (Å²) in [6, 6.07) is 24.3. The molecule has 0 saturated carbocycles. The maximum atomic E-state index is 5.24. The van der Waals surface area contributed by atoms with Crippen LogP contribution in [0.4, 0.5) is 5.69 Å². The minimum absolute atomic E-state index is 0.229. The summed E-state index contributed by atoms with van der Waals surface area (Å²) in [6.45, 7) is 5.70. The lowest BCUT2D eigenvalue weighted by Gasteiger charge is -2.37. The summed E-state index contributed by atoms with van der Waals surface area (Å²) in [5, 5.41) is 3.75. The maximum absolute atomic E-state index is 5.24. The van der Waals surface area contributed by atoms with Gasteiger partial charge in [-0.25, -0.2) is 0 Å². The zero-order valence-corrected chi connectivity index (χ0v) is 15.9. The molecule has 0 amide bonds. The van der Waals surface area contributed by atoms with E-state index >= 15 is 0 Å². The highest BCUT2D eigenvalue weighted by Crippen LogP contribution is 2.47. The van der Waals surface area contributed by atoms with Gasteiger partial charge in [-0.15, -0.1) is 0 Å². The number of benzene rings is 3. The molecule has 0 aromatic heterocycles. The van der Waals surface area contributed by atoms with Crippen LogP contribution in [-0.2, 0) is 0 Å². The van der Waals surface area contributed by atoms with Crippen molar-refractivity contribution in [2.75, 3.05) is 11.4 Å². The van der Waals surface area contributed by atoms with Crippen molar-refractivity contribution in [1.82, 2.24) is 0 Å². The lowest BCUT2D eigenvalue weighted by atomic mass is 9.83. The minimum atomic E-state index is 0.229. The van der Waals surface area contributed by atoms with E-state index in [9.17, 15) is 0 Å². The van der Waals surface area contributed by atoms with Crippen LogP contribution in [0.25, 0.3) is 10.8 Å². The zero-order chi connectivity index (χ0) is 17.7. The monoisotopic (exact) mass is 358 g/mol. The first-order chi connectivity index (χ1) is 12.7. The molecule has 0 fully saturated rings. The van der Waals surface area contributed by atoms with E-state index in [0.29, 0.717) is 11.8 Å². The standard InChI is InChI=1S/C23H22N2S/c1-15(2)19-14-25-20-9-5-6-10-21(20)26-23(25)24-22(19)18-12-11-16-7-3-4-8-17(16)13-18/h3-13,15,19,22H,14H2,1-2H3/t19-,22+/m0/s1. The van der Waals surface area contributed by atoms with E-state index in [1.165, 1.54) is 26.9 Å². The third-order valence-corrected chi connectivity index (χ3v) is 6.68. The summed E-state index contributed by atoms with van der Waals surface area (Å²) in [4.78, 5) is 8.99. The fraction of sp³-hybridized carbons (Fsp3) is 0.261. The van der Waals surface area contributed by atoms with Gasteiger partial charge in [0.05, 0.1) is 11.7 Å². The Labute approximate surface area is 158 Å². The Morgan fingerprint density at radius 1 is 0.962 bits per heavy atom. The summed E-state index contributed by atoms with van der Waals surface area (Å²) >= 11 is 1.81. The van der Waals surface area contributed by atoms with Crippen LogP contribution in [0.1, 0.15) is 25.5 Å². The van der Waals surface area contributed by atoms with E-state index in [-0.39, 0.29) is 6.04 Å². The summed E-state index contributed by atoms with van der Waals surface area (Å²) in [6.07, 6.45) is 0. The van der Waals surface area contributed by atoms with Crippen LogP contribution in [0, 0.1) is 11.8 Å². The Hall–Kier alpha value is -2.26. The van der Waals surface area contributed by atoms with Crippen molar-refractivity contribution < 1.29 is 0 Å². The van der Waals surface area contributed by atoms with Crippen LogP contribution in [0.15, 0.2) is 76.6 Å². The second kappa shape index (κ2) is 6.17. The van der Waals surface area contributed by atoms with Gasteiger partial charge in [0.2, 0.25) is 0 Å². The molecule has 3 heteroatoms. The summed E-state index contributed by atoms with van der Waals surface area (Å²) < 4.78 is 0. The predicted molar refractivity (Wildman–Crippen MR) is 112 cm³/mol. The molecule has 0 radical (unpaired) electrons. The summed E-state index contributed by atoms with van der Waals surface area (Å²) in [5.74, 6) is 1.08. The number of para-hydroxylation sites is 1. The molecule has 3 aromatic rings. The van der Waals surface area contributed by atoms with Crippen molar-refractivity contribution in [2.24, 2.45) is 16.8 Å². The highest BCUT2D eigenvalue weighted by atomic mass is 32.2. The molecule has 0 unspecified atom stereocenters. The topological polar surface area (TPSA) is 15.6 Å². The highest BCUT2D eigenvalue weighted by Gasteiger charge is 2.38. The molecule has 2 heterocycles. The first-order valence-corrected chi connectivity index (χ1v) is 10.1. The number of aliphatic imine (C=N–C) groups is 1. The molecule has 2 atom stereocenters. The van der Waals surface area contributed by atoms with Crippen LogP contribution in [0.5, 0.6) is 0 Å². The molecule has 2 aliphatic rings. The smallest absolute Gasteiger partial charge is 0.169 e. The first-order valence-electron chi connectivity index (χ1n) is 9.31. The van der Waals surface area contributed by atoms with Crippen LogP contribution in [-0.4, -0.2) is 11.7 Å². The number of nitrogens with zero attached hydrogens (tertiary/aromatic N) is 2. The van der Waals surface area contributed by atoms with Crippen molar-refractivity contribution in [3.8, 4) is 0 Å². The Balaban J connectivity index is 1.60. The van der Waals surface area contributed by atoms with E-state index in [1.807, 2.05) is 11.8 Å². The van der Waals surface area contributed by atoms with E-state index in [0.717, 1.165) is 11.7 Å². The van der Waals surface area contributed by atoms with Gasteiger partial charge in [0, 0.05) is 17.4 Å². The fourth-order valence-electron chi connectivity index (χ4n) is 4.11. The van der Waals surface area contributed by atoms with Crippen LogP contribution < -0.4 is 4.90 Å². The van der Waals surface area contributed by atoms with Gasteiger partial charge in [-0.3, -0.25) is 4.99 Å². The van der Waals surface area contributed by atoms with E-state index in [1.54, 1.807) is 0 Å². The van der Waals surface area contributed by atoms with Gasteiger partial charge in [-0.1, -0.05) is 62.4 Å². The molecule has 0 bridgehead atoms. The Morgan fingerprint density at radius 3 is 2.58 bits per heavy atom. The van der Waals surface area contributed by atoms with Crippen LogP contribution in [0.3, 0.4) is 0 Å². The van der Waals surface area contributed by atoms with E-state index < -0.39 is 0 Å². The van der Waals surface area contributed by atoms with Gasteiger partial charge in [-0.05, 0) is 52.2 Å². The maximum Gasteiger partial charge on any atom is 0.169 e. The van der Waals surface area contributed by atoms with E-state index in [2.05, 4.69) is 85.5 Å². The Morgan fingerprint density at radius 2 is 1.73 bits per heavy atom.